The van der Waals surface area contributed by atoms with Crippen LogP contribution in [0.5, 0.6) is 11.5 Å². The molecular weight excluding hydrogens is 315 g/mol. The molecule has 0 atom stereocenters. The highest BCUT2D eigenvalue weighted by atomic mass is 35.5. The summed E-state index contributed by atoms with van der Waals surface area (Å²) in [6, 6.07) is 7.81. The van der Waals surface area contributed by atoms with Gasteiger partial charge in [-0.15, -0.1) is 19.0 Å². The molecule has 0 fully saturated rings. The highest BCUT2D eigenvalue weighted by Gasteiger charge is 2.16. The summed E-state index contributed by atoms with van der Waals surface area (Å²) in [5.74, 6) is 1.01. The van der Waals surface area contributed by atoms with Gasteiger partial charge < -0.3 is 9.30 Å². The predicted octanol–water partition coefficient (Wildman–Crippen LogP) is 5.19. The largest absolute Gasteiger partial charge is 0.455 e. The number of hydrogen-bond donors (Lipinski definition) is 0. The third-order valence-corrected chi connectivity index (χ3v) is 3.81. The molecule has 0 N–H and O–H groups in total. The van der Waals surface area contributed by atoms with Crippen LogP contribution in [0.3, 0.4) is 0 Å². The number of ether oxygens (including phenoxy) is 1. The highest BCUT2D eigenvalue weighted by Crippen LogP contribution is 2.33. The van der Waals surface area contributed by atoms with Gasteiger partial charge in [0.15, 0.2) is 5.75 Å². The van der Waals surface area contributed by atoms with Crippen LogP contribution in [-0.2, 0) is 6.54 Å². The summed E-state index contributed by atoms with van der Waals surface area (Å²) in [6.07, 6.45) is 3.58. The van der Waals surface area contributed by atoms with Gasteiger partial charge in [-0.3, -0.25) is 4.98 Å². The van der Waals surface area contributed by atoms with Crippen molar-refractivity contribution in [1.82, 2.24) is 9.55 Å². The van der Waals surface area contributed by atoms with Crippen molar-refractivity contribution in [2.45, 2.75) is 20.4 Å². The topological polar surface area (TPSA) is 27.1 Å². The zero-order chi connectivity index (χ0) is 15.7. The number of benzene rings is 1. The average molecular weight is 333 g/mol. The standard InChI is InChI=1S/C18H17FN2O.ClH/c1-4-11-21-13(3)12(2)17-18(21)16(9-10-20-17)22-15-7-5-14(19)6-8-15;/h4-10H,1,11H2,2-3H3;1H. The van der Waals surface area contributed by atoms with Crippen molar-refractivity contribution >= 4 is 23.4 Å². The minimum absolute atomic E-state index is 0. The number of hydrogen-bond acceptors (Lipinski definition) is 2. The summed E-state index contributed by atoms with van der Waals surface area (Å²) in [6.45, 7) is 8.60. The fourth-order valence-electron chi connectivity index (χ4n) is 2.58. The Bertz CT molecular complexity index is 840. The molecule has 23 heavy (non-hydrogen) atoms. The number of nitrogens with zero attached hydrogens (tertiary/aromatic N) is 2. The number of rotatable bonds is 4. The Kier molecular flexibility index (Phi) is 5.06. The zero-order valence-electron chi connectivity index (χ0n) is 13.0. The molecule has 3 aromatic rings. The molecule has 0 saturated heterocycles. The monoisotopic (exact) mass is 332 g/mol. The SMILES string of the molecule is C=CCn1c(C)c(C)c2nccc(Oc3ccc(F)cc3)c21.Cl. The van der Waals surface area contributed by atoms with Crippen LogP contribution in [0.2, 0.25) is 0 Å². The molecular formula is C18H18ClFN2O. The maximum absolute atomic E-state index is 13.0. The third-order valence-electron chi connectivity index (χ3n) is 3.81. The fourth-order valence-corrected chi connectivity index (χ4v) is 2.58. The number of halogens is 2. The Morgan fingerprint density at radius 2 is 1.91 bits per heavy atom. The molecule has 2 aromatic heterocycles. The van der Waals surface area contributed by atoms with Crippen molar-refractivity contribution in [3.8, 4) is 11.5 Å². The van der Waals surface area contributed by atoms with E-state index in [1.165, 1.54) is 12.1 Å². The van der Waals surface area contributed by atoms with Crippen LogP contribution in [-0.4, -0.2) is 9.55 Å². The van der Waals surface area contributed by atoms with Crippen LogP contribution in [0.1, 0.15) is 11.3 Å². The first kappa shape index (κ1) is 17.0. The Morgan fingerprint density at radius 3 is 2.57 bits per heavy atom. The average Bonchev–Trinajstić information content (AvgIpc) is 2.76. The molecule has 5 heteroatoms. The van der Waals surface area contributed by atoms with Crippen molar-refractivity contribution in [3.05, 3.63) is 66.3 Å². The van der Waals surface area contributed by atoms with Crippen molar-refractivity contribution < 1.29 is 9.13 Å². The maximum Gasteiger partial charge on any atom is 0.154 e. The number of fused-ring (bicyclic) bond motifs is 1. The second-order valence-corrected chi connectivity index (χ2v) is 5.17. The first-order chi connectivity index (χ1) is 10.6. The lowest BCUT2D eigenvalue weighted by molar-refractivity contribution is 0.482. The van der Waals surface area contributed by atoms with E-state index in [4.69, 9.17) is 4.74 Å². The Morgan fingerprint density at radius 1 is 1.22 bits per heavy atom. The van der Waals surface area contributed by atoms with E-state index in [0.29, 0.717) is 18.0 Å². The number of aryl methyl sites for hydroxylation is 1. The summed E-state index contributed by atoms with van der Waals surface area (Å²) in [7, 11) is 0. The normalized spacial score (nSPS) is 10.4. The van der Waals surface area contributed by atoms with E-state index < -0.39 is 0 Å². The fraction of sp³-hybridized carbons (Fsp3) is 0.167. The summed E-state index contributed by atoms with van der Waals surface area (Å²) < 4.78 is 21.1. The first-order valence-corrected chi connectivity index (χ1v) is 7.10. The van der Waals surface area contributed by atoms with Crippen LogP contribution in [0.25, 0.3) is 11.0 Å². The van der Waals surface area contributed by atoms with Crippen molar-refractivity contribution in [2.75, 3.05) is 0 Å². The molecule has 0 saturated carbocycles. The zero-order valence-corrected chi connectivity index (χ0v) is 13.9. The van der Waals surface area contributed by atoms with E-state index in [1.54, 1.807) is 18.3 Å². The third kappa shape index (κ3) is 3.08. The van der Waals surface area contributed by atoms with E-state index in [1.807, 2.05) is 19.1 Å². The second kappa shape index (κ2) is 6.84. The summed E-state index contributed by atoms with van der Waals surface area (Å²) in [5, 5.41) is 0. The molecule has 0 radical (unpaired) electrons. The van der Waals surface area contributed by atoms with E-state index in [2.05, 4.69) is 23.1 Å². The van der Waals surface area contributed by atoms with Gasteiger partial charge in [0.05, 0.1) is 5.52 Å². The molecule has 2 heterocycles. The van der Waals surface area contributed by atoms with Crippen LogP contribution >= 0.6 is 12.4 Å². The molecule has 0 amide bonds. The summed E-state index contributed by atoms with van der Waals surface area (Å²) in [5.41, 5.74) is 4.11. The lowest BCUT2D eigenvalue weighted by atomic mass is 10.2. The van der Waals surface area contributed by atoms with Gasteiger partial charge >= 0.3 is 0 Å². The van der Waals surface area contributed by atoms with Crippen molar-refractivity contribution in [2.24, 2.45) is 0 Å². The molecule has 0 aliphatic heterocycles. The first-order valence-electron chi connectivity index (χ1n) is 7.10. The lowest BCUT2D eigenvalue weighted by Crippen LogP contribution is -1.99. The molecule has 0 aliphatic rings. The molecule has 0 aliphatic carbocycles. The molecule has 1 aromatic carbocycles. The Hall–Kier alpha value is -2.33. The van der Waals surface area contributed by atoms with Gasteiger partial charge in [-0.2, -0.15) is 0 Å². The van der Waals surface area contributed by atoms with Crippen molar-refractivity contribution in [3.63, 3.8) is 0 Å². The minimum Gasteiger partial charge on any atom is -0.455 e. The summed E-state index contributed by atoms with van der Waals surface area (Å²) >= 11 is 0. The van der Waals surface area contributed by atoms with Crippen LogP contribution in [0.4, 0.5) is 4.39 Å². The van der Waals surface area contributed by atoms with Crippen LogP contribution in [0, 0.1) is 19.7 Å². The summed E-state index contributed by atoms with van der Waals surface area (Å²) in [4.78, 5) is 4.47. The Balaban J connectivity index is 0.00000192. The van der Waals surface area contributed by atoms with Gasteiger partial charge in [-0.05, 0) is 43.7 Å². The molecule has 0 spiro atoms. The highest BCUT2D eigenvalue weighted by molar-refractivity contribution is 5.87. The molecule has 0 bridgehead atoms. The van der Waals surface area contributed by atoms with Crippen molar-refractivity contribution in [1.29, 1.82) is 0 Å². The van der Waals surface area contributed by atoms with Gasteiger partial charge in [-0.25, -0.2) is 4.39 Å². The van der Waals surface area contributed by atoms with E-state index >= 15 is 0 Å². The van der Waals surface area contributed by atoms with E-state index in [0.717, 1.165) is 22.3 Å². The van der Waals surface area contributed by atoms with E-state index in [9.17, 15) is 4.39 Å². The van der Waals surface area contributed by atoms with Crippen LogP contribution < -0.4 is 4.74 Å². The molecule has 0 unspecified atom stereocenters. The van der Waals surface area contributed by atoms with Gasteiger partial charge in [0.25, 0.3) is 0 Å². The van der Waals surface area contributed by atoms with Crippen LogP contribution in [0.15, 0.2) is 49.2 Å². The lowest BCUT2D eigenvalue weighted by Gasteiger charge is -2.10. The maximum atomic E-state index is 13.0. The predicted molar refractivity (Wildman–Crippen MR) is 93.1 cm³/mol. The minimum atomic E-state index is -0.283. The van der Waals surface area contributed by atoms with Gasteiger partial charge in [0.1, 0.15) is 17.1 Å². The molecule has 120 valence electrons. The van der Waals surface area contributed by atoms with Gasteiger partial charge in [0.2, 0.25) is 0 Å². The van der Waals surface area contributed by atoms with Gasteiger partial charge in [-0.1, -0.05) is 6.08 Å². The number of aromatic nitrogens is 2. The number of pyridine rings is 1. The molecule has 3 nitrogen and oxygen atoms in total. The van der Waals surface area contributed by atoms with Gasteiger partial charge in [0, 0.05) is 24.5 Å². The smallest absolute Gasteiger partial charge is 0.154 e. The molecule has 3 rings (SSSR count). The number of allylic oxidation sites excluding steroid dienone is 1. The second-order valence-electron chi connectivity index (χ2n) is 5.17. The quantitative estimate of drug-likeness (QED) is 0.614. The van der Waals surface area contributed by atoms with E-state index in [-0.39, 0.29) is 18.2 Å². The Labute approximate surface area is 140 Å².